The number of fused-ring (bicyclic) bond motifs is 1. The van der Waals surface area contributed by atoms with Gasteiger partial charge in [0.2, 0.25) is 0 Å². The van der Waals surface area contributed by atoms with Gasteiger partial charge in [0.25, 0.3) is 0 Å². The molecule has 1 N–H and O–H groups in total. The van der Waals surface area contributed by atoms with Crippen molar-refractivity contribution in [1.29, 1.82) is 0 Å². The van der Waals surface area contributed by atoms with Crippen molar-refractivity contribution >= 4 is 11.8 Å². The van der Waals surface area contributed by atoms with Crippen LogP contribution in [0.1, 0.15) is 24.6 Å². The summed E-state index contributed by atoms with van der Waals surface area (Å²) in [5.74, 6) is 1.20. The van der Waals surface area contributed by atoms with E-state index in [1.165, 1.54) is 23.8 Å². The summed E-state index contributed by atoms with van der Waals surface area (Å²) in [5, 5.41) is 4.63. The fourth-order valence-corrected chi connectivity index (χ4v) is 3.18. The smallest absolute Gasteiger partial charge is 0.168 e. The molecule has 0 spiro atoms. The lowest BCUT2D eigenvalue weighted by molar-refractivity contribution is 0.0756. The van der Waals surface area contributed by atoms with E-state index in [9.17, 15) is 0 Å². The van der Waals surface area contributed by atoms with Crippen LogP contribution in [0.15, 0.2) is 11.4 Å². The van der Waals surface area contributed by atoms with Crippen LogP contribution in [0.2, 0.25) is 0 Å². The molecule has 3 heterocycles. The van der Waals surface area contributed by atoms with E-state index in [1.807, 2.05) is 11.8 Å². The monoisotopic (exact) mass is 239 g/mol. The van der Waals surface area contributed by atoms with Crippen molar-refractivity contribution in [3.63, 3.8) is 0 Å². The zero-order chi connectivity index (χ0) is 10.8. The second-order valence-electron chi connectivity index (χ2n) is 4.28. The van der Waals surface area contributed by atoms with E-state index >= 15 is 0 Å². The topological polar surface area (TPSA) is 39.1 Å². The number of imidazole rings is 1. The largest absolute Gasteiger partial charge is 0.378 e. The molecule has 3 rings (SSSR count). The molecular weight excluding hydrogens is 222 g/mol. The van der Waals surface area contributed by atoms with E-state index in [1.54, 1.807) is 0 Å². The maximum absolute atomic E-state index is 5.47. The van der Waals surface area contributed by atoms with Gasteiger partial charge in [-0.25, -0.2) is 4.98 Å². The summed E-state index contributed by atoms with van der Waals surface area (Å²) < 4.78 is 7.77. The lowest BCUT2D eigenvalue weighted by Crippen LogP contribution is -2.34. The number of hydrogen-bond donors (Lipinski definition) is 1. The van der Waals surface area contributed by atoms with Crippen molar-refractivity contribution in [2.75, 3.05) is 25.5 Å². The predicted molar refractivity (Wildman–Crippen MR) is 63.7 cm³/mol. The van der Waals surface area contributed by atoms with Gasteiger partial charge in [-0.15, -0.1) is 0 Å². The number of thioether (sulfide) groups is 1. The third-order valence-electron chi connectivity index (χ3n) is 3.06. The Bertz CT molecular complexity index is 337. The molecule has 2 aliphatic rings. The molecule has 0 aliphatic carbocycles. The molecule has 0 bridgehead atoms. The third kappa shape index (κ3) is 2.12. The van der Waals surface area contributed by atoms with Crippen molar-refractivity contribution in [3.05, 3.63) is 11.9 Å². The summed E-state index contributed by atoms with van der Waals surface area (Å²) in [7, 11) is 0. The van der Waals surface area contributed by atoms with Crippen molar-refractivity contribution in [1.82, 2.24) is 14.9 Å². The molecule has 0 radical (unpaired) electrons. The van der Waals surface area contributed by atoms with Gasteiger partial charge >= 0.3 is 0 Å². The molecule has 4 nitrogen and oxygen atoms in total. The van der Waals surface area contributed by atoms with Crippen molar-refractivity contribution in [2.24, 2.45) is 0 Å². The van der Waals surface area contributed by atoms with Gasteiger partial charge in [0.15, 0.2) is 5.16 Å². The van der Waals surface area contributed by atoms with Crippen molar-refractivity contribution in [3.8, 4) is 0 Å². The van der Waals surface area contributed by atoms with E-state index in [-0.39, 0.29) is 6.04 Å². The summed E-state index contributed by atoms with van der Waals surface area (Å²) >= 11 is 1.88. The molecule has 5 heteroatoms. The number of ether oxygens (including phenoxy) is 1. The van der Waals surface area contributed by atoms with E-state index in [0.717, 1.165) is 32.0 Å². The second kappa shape index (κ2) is 4.77. The fraction of sp³-hybridized carbons (Fsp3) is 0.727. The number of nitrogens with zero attached hydrogens (tertiary/aromatic N) is 2. The zero-order valence-corrected chi connectivity index (χ0v) is 10.1. The van der Waals surface area contributed by atoms with E-state index < -0.39 is 0 Å². The van der Waals surface area contributed by atoms with Gasteiger partial charge in [-0.1, -0.05) is 11.8 Å². The van der Waals surface area contributed by atoms with Gasteiger partial charge in [-0.2, -0.15) is 0 Å². The summed E-state index contributed by atoms with van der Waals surface area (Å²) in [5.41, 5.74) is 1.14. The zero-order valence-electron chi connectivity index (χ0n) is 9.32. The Hall–Kier alpha value is -0.520. The molecule has 0 saturated carbocycles. The molecule has 1 atom stereocenters. The lowest BCUT2D eigenvalue weighted by atomic mass is 10.2. The average Bonchev–Trinajstić information content (AvgIpc) is 2.62. The van der Waals surface area contributed by atoms with Crippen LogP contribution in [0.4, 0.5) is 0 Å². The Labute approximate surface area is 99.8 Å². The predicted octanol–water partition coefficient (Wildman–Crippen LogP) is 1.43. The summed E-state index contributed by atoms with van der Waals surface area (Å²) in [6.07, 6.45) is 4.76. The van der Waals surface area contributed by atoms with Crippen LogP contribution in [0.3, 0.4) is 0 Å². The number of hydrogen-bond acceptors (Lipinski definition) is 4. The van der Waals surface area contributed by atoms with E-state index in [0.29, 0.717) is 0 Å². The van der Waals surface area contributed by atoms with E-state index in [2.05, 4.69) is 16.1 Å². The Morgan fingerprint density at radius 1 is 1.50 bits per heavy atom. The molecule has 1 unspecified atom stereocenters. The molecular formula is C11H17N3OS. The van der Waals surface area contributed by atoms with Gasteiger partial charge in [-0.3, -0.25) is 0 Å². The first-order valence-electron chi connectivity index (χ1n) is 5.94. The Morgan fingerprint density at radius 2 is 2.50 bits per heavy atom. The molecule has 1 aromatic heterocycles. The number of morpholine rings is 1. The van der Waals surface area contributed by atoms with Crippen molar-refractivity contribution in [2.45, 2.75) is 30.6 Å². The van der Waals surface area contributed by atoms with Crippen LogP contribution < -0.4 is 5.32 Å². The minimum atomic E-state index is 0.286. The quantitative estimate of drug-likeness (QED) is 0.804. The molecule has 1 fully saturated rings. The van der Waals surface area contributed by atoms with Crippen LogP contribution >= 0.6 is 11.8 Å². The first kappa shape index (κ1) is 10.6. The van der Waals surface area contributed by atoms with Crippen LogP contribution in [-0.4, -0.2) is 35.1 Å². The second-order valence-corrected chi connectivity index (χ2v) is 5.34. The lowest BCUT2D eigenvalue weighted by Gasteiger charge is -2.21. The Morgan fingerprint density at radius 3 is 3.38 bits per heavy atom. The maximum atomic E-state index is 5.47. The standard InChI is InChI=1S/C11H17N3OS/c1-2-6-16-11-13-9(7-14(11)4-1)10-8-15-5-3-12-10/h7,10,12H,1-6,8H2. The first-order valence-corrected chi connectivity index (χ1v) is 6.93. The number of aromatic nitrogens is 2. The van der Waals surface area contributed by atoms with Crippen LogP contribution in [0.25, 0.3) is 0 Å². The molecule has 1 saturated heterocycles. The summed E-state index contributed by atoms with van der Waals surface area (Å²) in [6, 6.07) is 0.286. The van der Waals surface area contributed by atoms with Gasteiger partial charge < -0.3 is 14.6 Å². The average molecular weight is 239 g/mol. The van der Waals surface area contributed by atoms with Crippen molar-refractivity contribution < 1.29 is 4.74 Å². The third-order valence-corrected chi connectivity index (χ3v) is 4.14. The minimum Gasteiger partial charge on any atom is -0.378 e. The van der Waals surface area contributed by atoms with Gasteiger partial charge in [0.05, 0.1) is 24.9 Å². The van der Waals surface area contributed by atoms with Crippen LogP contribution in [0, 0.1) is 0 Å². The summed E-state index contributed by atoms with van der Waals surface area (Å²) in [6.45, 7) is 3.61. The Kier molecular flexibility index (Phi) is 3.17. The number of aryl methyl sites for hydroxylation is 1. The van der Waals surface area contributed by atoms with E-state index in [4.69, 9.17) is 9.72 Å². The minimum absolute atomic E-state index is 0.286. The van der Waals surface area contributed by atoms with Gasteiger partial charge in [0.1, 0.15) is 0 Å². The highest BCUT2D eigenvalue weighted by atomic mass is 32.2. The number of rotatable bonds is 1. The SMILES string of the molecule is c1c(C2COCCN2)nc2n1CCCCS2. The molecule has 88 valence electrons. The highest BCUT2D eigenvalue weighted by Gasteiger charge is 2.20. The maximum Gasteiger partial charge on any atom is 0.168 e. The van der Waals surface area contributed by atoms with Crippen LogP contribution in [-0.2, 0) is 11.3 Å². The normalized spacial score (nSPS) is 26.1. The highest BCUT2D eigenvalue weighted by Crippen LogP contribution is 2.26. The molecule has 1 aromatic rings. The van der Waals surface area contributed by atoms with Gasteiger partial charge in [0, 0.05) is 25.0 Å². The molecule has 0 aromatic carbocycles. The highest BCUT2D eigenvalue weighted by molar-refractivity contribution is 7.99. The molecule has 0 amide bonds. The number of nitrogens with one attached hydrogen (secondary N) is 1. The molecule has 2 aliphatic heterocycles. The Balaban J connectivity index is 1.80. The first-order chi connectivity index (χ1) is 7.93. The summed E-state index contributed by atoms with van der Waals surface area (Å²) in [4.78, 5) is 4.72. The fourth-order valence-electron chi connectivity index (χ4n) is 2.16. The molecule has 16 heavy (non-hydrogen) atoms. The van der Waals surface area contributed by atoms with Crippen LogP contribution in [0.5, 0.6) is 0 Å². The van der Waals surface area contributed by atoms with Gasteiger partial charge in [-0.05, 0) is 12.8 Å².